The van der Waals surface area contributed by atoms with E-state index in [1.807, 2.05) is 35.7 Å². The zero-order valence-electron chi connectivity index (χ0n) is 15.7. The van der Waals surface area contributed by atoms with Crippen LogP contribution >= 0.6 is 0 Å². The number of likely N-dealkylation sites (tertiary alicyclic amines) is 1. The molecule has 2 aromatic heterocycles. The van der Waals surface area contributed by atoms with Crippen LogP contribution in [0.15, 0.2) is 39.5 Å². The van der Waals surface area contributed by atoms with Gasteiger partial charge >= 0.3 is 0 Å². The molecule has 2 aliphatic rings. The highest BCUT2D eigenvalue weighted by molar-refractivity contribution is 5.91. The largest absolute Gasteiger partial charge is 0.453 e. The van der Waals surface area contributed by atoms with Gasteiger partial charge in [0.2, 0.25) is 0 Å². The summed E-state index contributed by atoms with van der Waals surface area (Å²) in [6.07, 6.45) is 0.978. The van der Waals surface area contributed by atoms with Crippen LogP contribution in [0.5, 0.6) is 0 Å². The highest BCUT2D eigenvalue weighted by Crippen LogP contribution is 2.41. The van der Waals surface area contributed by atoms with Gasteiger partial charge in [-0.2, -0.15) is 0 Å². The number of aromatic nitrogens is 1. The van der Waals surface area contributed by atoms with Crippen molar-refractivity contribution in [1.82, 2.24) is 14.4 Å². The molecule has 0 saturated carbocycles. The number of piperidine rings is 1. The fourth-order valence-electron chi connectivity index (χ4n) is 4.55. The molecule has 3 atom stereocenters. The Morgan fingerprint density at radius 3 is 2.78 bits per heavy atom. The number of hydrogen-bond acceptors (Lipinski definition) is 5. The molecule has 1 fully saturated rings. The van der Waals surface area contributed by atoms with E-state index >= 15 is 0 Å². The van der Waals surface area contributed by atoms with E-state index < -0.39 is 0 Å². The van der Waals surface area contributed by atoms with Crippen LogP contribution in [0, 0.1) is 5.92 Å². The second kappa shape index (κ2) is 6.98. The molecule has 2 aliphatic heterocycles. The van der Waals surface area contributed by atoms with Crippen LogP contribution in [0.2, 0.25) is 0 Å². The fourth-order valence-corrected chi connectivity index (χ4v) is 4.55. The Labute approximate surface area is 157 Å². The molecule has 0 unspecified atom stereocenters. The Morgan fingerprint density at radius 2 is 2.07 bits per heavy atom. The lowest BCUT2D eigenvalue weighted by molar-refractivity contribution is 0.0468. The lowest BCUT2D eigenvalue weighted by atomic mass is 9.78. The first-order valence-electron chi connectivity index (χ1n) is 9.33. The molecule has 4 rings (SSSR count). The third-order valence-electron chi connectivity index (χ3n) is 5.67. The number of furan rings is 1. The number of aliphatic hydroxyl groups is 1. The second-order valence-electron chi connectivity index (χ2n) is 7.82. The second-order valence-corrected chi connectivity index (χ2v) is 7.82. The monoisotopic (exact) mass is 371 g/mol. The van der Waals surface area contributed by atoms with Gasteiger partial charge in [-0.15, -0.1) is 0 Å². The van der Waals surface area contributed by atoms with Crippen LogP contribution in [0.3, 0.4) is 0 Å². The van der Waals surface area contributed by atoms with Gasteiger partial charge in [-0.3, -0.25) is 9.59 Å². The van der Waals surface area contributed by atoms with E-state index in [9.17, 15) is 14.7 Å². The lowest BCUT2D eigenvalue weighted by Crippen LogP contribution is -2.52. The Kier molecular flexibility index (Phi) is 4.65. The van der Waals surface area contributed by atoms with Crippen molar-refractivity contribution in [1.29, 1.82) is 0 Å². The van der Waals surface area contributed by atoms with E-state index in [0.717, 1.165) is 18.7 Å². The van der Waals surface area contributed by atoms with Crippen LogP contribution in [-0.2, 0) is 6.61 Å². The molecule has 0 aromatic carbocycles. The number of aliphatic hydroxyl groups excluding tert-OH is 1. The first kappa shape index (κ1) is 18.0. The van der Waals surface area contributed by atoms with Crippen LogP contribution in [0.1, 0.15) is 40.4 Å². The number of hydrogen-bond donors (Lipinski definition) is 1. The van der Waals surface area contributed by atoms with Crippen molar-refractivity contribution in [2.45, 2.75) is 25.0 Å². The number of carbonyl (C=O) groups is 1. The van der Waals surface area contributed by atoms with Gasteiger partial charge in [0.05, 0.1) is 6.04 Å². The minimum absolute atomic E-state index is 0.0347. The van der Waals surface area contributed by atoms with Gasteiger partial charge in [0, 0.05) is 37.3 Å². The molecule has 0 aliphatic carbocycles. The zero-order chi connectivity index (χ0) is 19.1. The molecule has 144 valence electrons. The molecule has 27 heavy (non-hydrogen) atoms. The summed E-state index contributed by atoms with van der Waals surface area (Å²) < 4.78 is 7.39. The molecular formula is C20H25N3O4. The summed E-state index contributed by atoms with van der Waals surface area (Å²) in [5.41, 5.74) is 1.05. The maximum Gasteiger partial charge on any atom is 0.289 e. The number of rotatable bonds is 4. The van der Waals surface area contributed by atoms with Crippen molar-refractivity contribution >= 4 is 5.91 Å². The Balaban J connectivity index is 1.67. The molecule has 0 spiro atoms. The molecule has 1 N–H and O–H groups in total. The highest BCUT2D eigenvalue weighted by Gasteiger charge is 2.42. The molecule has 2 bridgehead atoms. The third kappa shape index (κ3) is 3.21. The van der Waals surface area contributed by atoms with Gasteiger partial charge in [-0.1, -0.05) is 6.07 Å². The predicted molar refractivity (Wildman–Crippen MR) is 99.7 cm³/mol. The topological polar surface area (TPSA) is 78.9 Å². The average molecular weight is 371 g/mol. The summed E-state index contributed by atoms with van der Waals surface area (Å²) in [6.45, 7) is 1.71. The minimum Gasteiger partial charge on any atom is -0.453 e. The summed E-state index contributed by atoms with van der Waals surface area (Å²) in [6, 6.07) is 8.73. The van der Waals surface area contributed by atoms with Crippen molar-refractivity contribution in [3.05, 3.63) is 57.9 Å². The van der Waals surface area contributed by atoms with Gasteiger partial charge < -0.3 is 23.9 Å². The van der Waals surface area contributed by atoms with Gasteiger partial charge in [-0.25, -0.2) is 0 Å². The van der Waals surface area contributed by atoms with Crippen LogP contribution < -0.4 is 5.56 Å². The van der Waals surface area contributed by atoms with E-state index in [-0.39, 0.29) is 41.7 Å². The normalized spacial score (nSPS) is 24.1. The first-order valence-corrected chi connectivity index (χ1v) is 9.33. The number of nitrogens with zero attached hydrogens (tertiary/aromatic N) is 3. The molecule has 0 radical (unpaired) electrons. The van der Waals surface area contributed by atoms with E-state index in [1.54, 1.807) is 18.2 Å². The van der Waals surface area contributed by atoms with Crippen molar-refractivity contribution in [3.63, 3.8) is 0 Å². The van der Waals surface area contributed by atoms with Gasteiger partial charge in [0.15, 0.2) is 5.76 Å². The smallest absolute Gasteiger partial charge is 0.289 e. The zero-order valence-corrected chi connectivity index (χ0v) is 15.7. The maximum atomic E-state index is 12.9. The quantitative estimate of drug-likeness (QED) is 0.876. The summed E-state index contributed by atoms with van der Waals surface area (Å²) >= 11 is 0. The van der Waals surface area contributed by atoms with Crippen LogP contribution in [0.4, 0.5) is 0 Å². The standard InChI is InChI=1S/C20H25N3O4/c1-21(2)11-17-14-8-13(16-4-3-5-19(25)23(16)17)9-22(10-14)20(26)18-7-6-15(12-24)27-18/h3-7,13-14,17,24H,8-12H2,1-2H3/t13-,14+,17+/m1/s1. The number of amides is 1. The molecule has 1 saturated heterocycles. The van der Waals surface area contributed by atoms with Gasteiger partial charge in [0.25, 0.3) is 11.5 Å². The van der Waals surface area contributed by atoms with E-state index in [4.69, 9.17) is 4.42 Å². The maximum absolute atomic E-state index is 12.9. The van der Waals surface area contributed by atoms with E-state index in [2.05, 4.69) is 4.90 Å². The molecular weight excluding hydrogens is 346 g/mol. The van der Waals surface area contributed by atoms with Crippen molar-refractivity contribution in [2.24, 2.45) is 5.92 Å². The molecule has 7 nitrogen and oxygen atoms in total. The Morgan fingerprint density at radius 1 is 1.26 bits per heavy atom. The molecule has 4 heterocycles. The predicted octanol–water partition coefficient (Wildman–Crippen LogP) is 1.30. The summed E-state index contributed by atoms with van der Waals surface area (Å²) in [4.78, 5) is 29.5. The fraction of sp³-hybridized carbons (Fsp3) is 0.500. The third-order valence-corrected chi connectivity index (χ3v) is 5.67. The lowest BCUT2D eigenvalue weighted by Gasteiger charge is -2.47. The first-order chi connectivity index (χ1) is 13.0. The minimum atomic E-state index is -0.222. The summed E-state index contributed by atoms with van der Waals surface area (Å²) in [5, 5.41) is 9.17. The number of pyridine rings is 1. The molecule has 2 aromatic rings. The van der Waals surface area contributed by atoms with Crippen molar-refractivity contribution in [2.75, 3.05) is 33.7 Å². The van der Waals surface area contributed by atoms with Crippen LogP contribution in [0.25, 0.3) is 0 Å². The van der Waals surface area contributed by atoms with Crippen molar-refractivity contribution < 1.29 is 14.3 Å². The summed E-state index contributed by atoms with van der Waals surface area (Å²) in [7, 11) is 4.01. The number of carbonyl (C=O) groups excluding carboxylic acids is 1. The Bertz CT molecular complexity index is 901. The van der Waals surface area contributed by atoms with Crippen molar-refractivity contribution in [3.8, 4) is 0 Å². The molecule has 1 amide bonds. The average Bonchev–Trinajstić information content (AvgIpc) is 3.13. The van der Waals surface area contributed by atoms with Gasteiger partial charge in [-0.05, 0) is 44.6 Å². The number of likely N-dealkylation sites (N-methyl/N-ethyl adjacent to an activating group) is 1. The summed E-state index contributed by atoms with van der Waals surface area (Å²) in [5.74, 6) is 0.855. The highest BCUT2D eigenvalue weighted by atomic mass is 16.4. The SMILES string of the molecule is CN(C)C[C@H]1[C@H]2C[C@H](CN(C(=O)c3ccc(CO)o3)C2)c2cccc(=O)n21. The van der Waals surface area contributed by atoms with E-state index in [0.29, 0.717) is 18.8 Å². The Hall–Kier alpha value is -2.38. The van der Waals surface area contributed by atoms with Crippen LogP contribution in [-0.4, -0.2) is 59.1 Å². The van der Waals surface area contributed by atoms with E-state index in [1.165, 1.54) is 0 Å². The number of fused-ring (bicyclic) bond motifs is 4. The molecule has 7 heteroatoms. The van der Waals surface area contributed by atoms with Gasteiger partial charge in [0.1, 0.15) is 12.4 Å².